The van der Waals surface area contributed by atoms with Gasteiger partial charge < -0.3 is 5.32 Å². The van der Waals surface area contributed by atoms with Crippen molar-refractivity contribution in [3.8, 4) is 0 Å². The number of rotatable bonds is 4. The third kappa shape index (κ3) is 4.29. The number of amides is 1. The molecule has 0 saturated carbocycles. The van der Waals surface area contributed by atoms with Crippen molar-refractivity contribution in [2.75, 3.05) is 0 Å². The Hall–Kier alpha value is -1.39. The smallest absolute Gasteiger partial charge is 0.253 e. The molecule has 0 aliphatic carbocycles. The van der Waals surface area contributed by atoms with Crippen LogP contribution in [-0.2, 0) is 0 Å². The van der Waals surface area contributed by atoms with Crippen molar-refractivity contribution < 1.29 is 4.79 Å². The van der Waals surface area contributed by atoms with Crippen LogP contribution in [0, 0.1) is 5.92 Å². The van der Waals surface area contributed by atoms with Crippen molar-refractivity contribution in [3.63, 3.8) is 0 Å². The molecule has 1 heterocycles. The summed E-state index contributed by atoms with van der Waals surface area (Å²) in [5, 5.41) is 3.74. The molecule has 0 radical (unpaired) electrons. The van der Waals surface area contributed by atoms with Gasteiger partial charge in [-0.25, -0.2) is 0 Å². The average Bonchev–Trinajstić information content (AvgIpc) is 2.45. The minimum absolute atomic E-state index is 0.0752. The molecule has 5 heteroatoms. The van der Waals surface area contributed by atoms with E-state index in [2.05, 4.69) is 40.1 Å². The van der Waals surface area contributed by atoms with Crippen LogP contribution in [0.4, 0.5) is 0 Å². The third-order valence-corrected chi connectivity index (χ3v) is 3.84. The standard InChI is InChI=1S/C16H16BrClN2O/c1-10(2)15(11-3-5-14(18)6-4-11)20-16(21)12-7-13(17)9-19-8-12/h3-10,15H,1-2H3,(H,20,21). The monoisotopic (exact) mass is 366 g/mol. The van der Waals surface area contributed by atoms with Crippen molar-refractivity contribution in [1.82, 2.24) is 10.3 Å². The minimum atomic E-state index is -0.141. The van der Waals surface area contributed by atoms with Gasteiger partial charge in [0.05, 0.1) is 11.6 Å². The van der Waals surface area contributed by atoms with E-state index < -0.39 is 0 Å². The average molecular weight is 368 g/mol. The number of pyridine rings is 1. The van der Waals surface area contributed by atoms with Crippen molar-refractivity contribution in [3.05, 3.63) is 63.3 Å². The predicted octanol–water partition coefficient (Wildman–Crippen LogP) is 4.62. The molecule has 21 heavy (non-hydrogen) atoms. The number of nitrogens with one attached hydrogen (secondary N) is 1. The number of benzene rings is 1. The lowest BCUT2D eigenvalue weighted by molar-refractivity contribution is 0.0925. The maximum Gasteiger partial charge on any atom is 0.253 e. The summed E-state index contributed by atoms with van der Waals surface area (Å²) in [6.07, 6.45) is 3.20. The summed E-state index contributed by atoms with van der Waals surface area (Å²) in [5.41, 5.74) is 1.56. The summed E-state index contributed by atoms with van der Waals surface area (Å²) in [5.74, 6) is 0.118. The van der Waals surface area contributed by atoms with Crippen LogP contribution >= 0.6 is 27.5 Å². The molecule has 1 amide bonds. The molecule has 0 bridgehead atoms. The van der Waals surface area contributed by atoms with Gasteiger partial charge in [0.25, 0.3) is 5.91 Å². The van der Waals surface area contributed by atoms with Crippen LogP contribution in [0.2, 0.25) is 5.02 Å². The Balaban J connectivity index is 2.20. The Morgan fingerprint density at radius 1 is 1.24 bits per heavy atom. The molecule has 0 fully saturated rings. The maximum atomic E-state index is 12.4. The highest BCUT2D eigenvalue weighted by molar-refractivity contribution is 9.10. The van der Waals surface area contributed by atoms with E-state index in [9.17, 15) is 4.79 Å². The molecule has 1 aromatic heterocycles. The molecule has 0 saturated heterocycles. The molecule has 110 valence electrons. The number of hydrogen-bond donors (Lipinski definition) is 1. The van der Waals surface area contributed by atoms with Gasteiger partial charge in [0, 0.05) is 21.9 Å². The summed E-state index contributed by atoms with van der Waals surface area (Å²) in [4.78, 5) is 16.4. The predicted molar refractivity (Wildman–Crippen MR) is 88.4 cm³/mol. The lowest BCUT2D eigenvalue weighted by Gasteiger charge is -2.23. The summed E-state index contributed by atoms with van der Waals surface area (Å²) in [7, 11) is 0. The molecule has 2 rings (SSSR count). The molecule has 2 aromatic rings. The van der Waals surface area contributed by atoms with E-state index in [1.807, 2.05) is 24.3 Å². The first-order valence-corrected chi connectivity index (χ1v) is 7.81. The van der Waals surface area contributed by atoms with Gasteiger partial charge >= 0.3 is 0 Å². The number of carbonyl (C=O) groups is 1. The van der Waals surface area contributed by atoms with Crippen LogP contribution in [0.15, 0.2) is 47.2 Å². The number of aromatic nitrogens is 1. The van der Waals surface area contributed by atoms with E-state index in [0.29, 0.717) is 10.6 Å². The molecular formula is C16H16BrClN2O. The lowest BCUT2D eigenvalue weighted by Crippen LogP contribution is -2.31. The Morgan fingerprint density at radius 3 is 2.48 bits per heavy atom. The summed E-state index contributed by atoms with van der Waals surface area (Å²) in [6, 6.07) is 9.22. The van der Waals surface area contributed by atoms with Gasteiger partial charge in [-0.15, -0.1) is 0 Å². The first-order valence-electron chi connectivity index (χ1n) is 6.64. The van der Waals surface area contributed by atoms with Crippen LogP contribution < -0.4 is 5.32 Å². The number of nitrogens with zero attached hydrogens (tertiary/aromatic N) is 1. The van der Waals surface area contributed by atoms with E-state index in [0.717, 1.165) is 10.0 Å². The molecule has 1 atom stereocenters. The van der Waals surface area contributed by atoms with Gasteiger partial charge in [0.2, 0.25) is 0 Å². The Bertz CT molecular complexity index is 628. The van der Waals surface area contributed by atoms with Gasteiger partial charge in [0.1, 0.15) is 0 Å². The highest BCUT2D eigenvalue weighted by Crippen LogP contribution is 2.24. The highest BCUT2D eigenvalue weighted by Gasteiger charge is 2.19. The van der Waals surface area contributed by atoms with Crippen molar-refractivity contribution in [2.24, 2.45) is 5.92 Å². The Kier molecular flexibility index (Phi) is 5.37. The summed E-state index contributed by atoms with van der Waals surface area (Å²) < 4.78 is 0.780. The van der Waals surface area contributed by atoms with Crippen LogP contribution in [0.3, 0.4) is 0 Å². The second-order valence-electron chi connectivity index (χ2n) is 5.14. The SMILES string of the molecule is CC(C)C(NC(=O)c1cncc(Br)c1)c1ccc(Cl)cc1. The van der Waals surface area contributed by atoms with E-state index in [1.165, 1.54) is 0 Å². The number of hydrogen-bond acceptors (Lipinski definition) is 2. The zero-order valence-corrected chi connectivity index (χ0v) is 14.1. The fraction of sp³-hybridized carbons (Fsp3) is 0.250. The van der Waals surface area contributed by atoms with Crippen LogP contribution in [0.1, 0.15) is 35.8 Å². The van der Waals surface area contributed by atoms with E-state index in [1.54, 1.807) is 18.5 Å². The molecule has 0 spiro atoms. The topological polar surface area (TPSA) is 42.0 Å². The fourth-order valence-corrected chi connectivity index (χ4v) is 2.56. The minimum Gasteiger partial charge on any atom is -0.345 e. The van der Waals surface area contributed by atoms with E-state index >= 15 is 0 Å². The largest absolute Gasteiger partial charge is 0.345 e. The molecule has 0 aliphatic rings. The zero-order valence-electron chi connectivity index (χ0n) is 11.8. The first-order chi connectivity index (χ1) is 9.97. The first kappa shape index (κ1) is 16.0. The van der Waals surface area contributed by atoms with Crippen molar-refractivity contribution in [2.45, 2.75) is 19.9 Å². The number of halogens is 2. The zero-order chi connectivity index (χ0) is 15.4. The second-order valence-corrected chi connectivity index (χ2v) is 6.49. The molecule has 1 N–H and O–H groups in total. The molecule has 1 unspecified atom stereocenters. The van der Waals surface area contributed by atoms with E-state index in [-0.39, 0.29) is 17.9 Å². The van der Waals surface area contributed by atoms with Crippen LogP contribution in [-0.4, -0.2) is 10.9 Å². The molecule has 3 nitrogen and oxygen atoms in total. The molecule has 0 aliphatic heterocycles. The fourth-order valence-electron chi connectivity index (χ4n) is 2.07. The number of carbonyl (C=O) groups excluding carboxylic acids is 1. The Labute approximate surface area is 137 Å². The van der Waals surface area contributed by atoms with Gasteiger partial charge in [0.15, 0.2) is 0 Å². The Morgan fingerprint density at radius 2 is 1.90 bits per heavy atom. The quantitative estimate of drug-likeness (QED) is 0.856. The highest BCUT2D eigenvalue weighted by atomic mass is 79.9. The summed E-state index contributed by atoms with van der Waals surface area (Å²) >= 11 is 9.24. The second kappa shape index (κ2) is 7.05. The lowest BCUT2D eigenvalue weighted by atomic mass is 9.96. The van der Waals surface area contributed by atoms with Crippen LogP contribution in [0.5, 0.6) is 0 Å². The van der Waals surface area contributed by atoms with E-state index in [4.69, 9.17) is 11.6 Å². The third-order valence-electron chi connectivity index (χ3n) is 3.15. The van der Waals surface area contributed by atoms with Gasteiger partial charge in [-0.2, -0.15) is 0 Å². The van der Waals surface area contributed by atoms with Gasteiger partial charge in [-0.05, 0) is 45.6 Å². The maximum absolute atomic E-state index is 12.4. The molecule has 1 aromatic carbocycles. The van der Waals surface area contributed by atoms with Crippen LogP contribution in [0.25, 0.3) is 0 Å². The molecular weight excluding hydrogens is 352 g/mol. The van der Waals surface area contributed by atoms with Gasteiger partial charge in [-0.3, -0.25) is 9.78 Å². The summed E-state index contributed by atoms with van der Waals surface area (Å²) in [6.45, 7) is 4.14. The van der Waals surface area contributed by atoms with Gasteiger partial charge in [-0.1, -0.05) is 37.6 Å². The van der Waals surface area contributed by atoms with Crippen molar-refractivity contribution >= 4 is 33.4 Å². The normalized spacial score (nSPS) is 12.2. The van der Waals surface area contributed by atoms with Crippen molar-refractivity contribution in [1.29, 1.82) is 0 Å².